The number of H-pyrrole nitrogens is 5. The summed E-state index contributed by atoms with van der Waals surface area (Å²) in [5.74, 6) is 1.94. The van der Waals surface area contributed by atoms with Crippen molar-refractivity contribution in [1.82, 2.24) is 66.3 Å². The Kier molecular flexibility index (Phi) is 29.8. The number of ether oxygens (including phenoxy) is 2. The summed E-state index contributed by atoms with van der Waals surface area (Å²) in [6.45, 7) is 18.3. The van der Waals surface area contributed by atoms with Gasteiger partial charge in [0.2, 0.25) is 11.8 Å². The van der Waals surface area contributed by atoms with Crippen molar-refractivity contribution in [3.8, 4) is 5.75 Å². The van der Waals surface area contributed by atoms with E-state index in [2.05, 4.69) is 82.2 Å². The average molecular weight is 1660 g/mol. The third-order valence-corrected chi connectivity index (χ3v) is 21.5. The number of nitrogens with zero attached hydrogens (tertiary/aromatic N) is 3. The predicted molar refractivity (Wildman–Crippen MR) is 459 cm³/mol. The molecule has 0 aliphatic carbocycles. The maximum absolute atomic E-state index is 12.6. The molecule has 0 bridgehead atoms. The molecular weight excluding hydrogens is 1560 g/mol. The minimum atomic E-state index is -0.299. The Balaban J connectivity index is 0.000000142. The first-order chi connectivity index (χ1) is 55.2. The summed E-state index contributed by atoms with van der Waals surface area (Å²) in [5, 5.41) is 23.0. The van der Waals surface area contributed by atoms with E-state index in [1.165, 1.54) is 6.26 Å². The molecule has 0 radical (unpaired) electrons. The van der Waals surface area contributed by atoms with Crippen LogP contribution in [0.4, 0.5) is 0 Å². The quantitative estimate of drug-likeness (QED) is 0.0342. The Morgan fingerprint density at radius 2 is 0.843 bits per heavy atom. The number of oxazole rings is 1. The smallest absolute Gasteiger partial charge is 0.268 e. The molecule has 2 aliphatic heterocycles. The fourth-order valence-electron chi connectivity index (χ4n) is 13.7. The van der Waals surface area contributed by atoms with Crippen LogP contribution in [0, 0.1) is 17.8 Å². The van der Waals surface area contributed by atoms with Crippen molar-refractivity contribution in [3.63, 3.8) is 0 Å². The van der Waals surface area contributed by atoms with E-state index in [0.717, 1.165) is 130 Å². The Morgan fingerprint density at radius 3 is 1.21 bits per heavy atom. The van der Waals surface area contributed by atoms with E-state index < -0.39 is 0 Å². The number of carbonyl (C=O) groups is 6. The molecule has 15 rings (SSSR count). The molecule has 0 saturated carbocycles. The summed E-state index contributed by atoms with van der Waals surface area (Å²) in [6, 6.07) is 54.2. The molecule has 5 unspecified atom stereocenters. The summed E-state index contributed by atoms with van der Waals surface area (Å²) in [7, 11) is 4.02. The van der Waals surface area contributed by atoms with Gasteiger partial charge in [-0.15, -0.1) is 0 Å². The van der Waals surface area contributed by atoms with Crippen LogP contribution in [-0.4, -0.2) is 141 Å². The molecule has 5 atom stereocenters. The molecule has 0 spiro atoms. The fraction of sp³-hybridized carbons (Fsp3) is 0.307. The predicted octanol–water partition coefficient (Wildman–Crippen LogP) is 19.1. The number of benzene rings is 7. The molecule has 2 saturated heterocycles. The Morgan fingerprint density at radius 1 is 0.470 bits per heavy atom. The van der Waals surface area contributed by atoms with Crippen molar-refractivity contribution in [2.75, 3.05) is 53.6 Å². The van der Waals surface area contributed by atoms with Crippen LogP contribution in [0.1, 0.15) is 162 Å². The van der Waals surface area contributed by atoms with E-state index in [9.17, 15) is 28.8 Å². The van der Waals surface area contributed by atoms with Crippen molar-refractivity contribution < 1.29 is 42.7 Å². The van der Waals surface area contributed by atoms with Gasteiger partial charge in [-0.05, 0) is 230 Å². The molecular formula is C88H96Cl5N13O9. The number of carbonyl (C=O) groups excluding carboxylic acids is 6. The van der Waals surface area contributed by atoms with Gasteiger partial charge in [0.15, 0.2) is 0 Å². The minimum Gasteiger partial charge on any atom is -0.492 e. The number of likely N-dealkylation sites (tertiary alicyclic amines) is 1. The number of likely N-dealkylation sites (N-methyl/N-ethyl adjacent to an activating group) is 1. The Bertz CT molecular complexity index is 5450. The third-order valence-electron chi connectivity index (χ3n) is 20.3. The lowest BCUT2D eigenvalue weighted by Gasteiger charge is -2.34. The zero-order chi connectivity index (χ0) is 82.0. The van der Waals surface area contributed by atoms with Gasteiger partial charge in [0, 0.05) is 131 Å². The van der Waals surface area contributed by atoms with Crippen molar-refractivity contribution in [1.29, 1.82) is 0 Å². The summed E-state index contributed by atoms with van der Waals surface area (Å²) in [6.07, 6.45) is 6.87. The van der Waals surface area contributed by atoms with Crippen molar-refractivity contribution >= 4 is 148 Å². The molecule has 8 heterocycles. The van der Waals surface area contributed by atoms with Crippen LogP contribution in [-0.2, 0) is 9.53 Å². The van der Waals surface area contributed by atoms with E-state index in [-0.39, 0.29) is 65.7 Å². The Labute approximate surface area is 692 Å². The number of halogens is 5. The highest BCUT2D eigenvalue weighted by Gasteiger charge is 2.28. The van der Waals surface area contributed by atoms with Crippen LogP contribution < -0.4 is 31.3 Å². The van der Waals surface area contributed by atoms with Crippen molar-refractivity contribution in [2.45, 2.75) is 104 Å². The van der Waals surface area contributed by atoms with Gasteiger partial charge in [-0.3, -0.25) is 28.8 Å². The van der Waals surface area contributed by atoms with E-state index >= 15 is 0 Å². The van der Waals surface area contributed by atoms with Crippen LogP contribution in [0.2, 0.25) is 25.1 Å². The largest absolute Gasteiger partial charge is 0.492 e. The number of piperidine rings is 1. The van der Waals surface area contributed by atoms with E-state index in [0.29, 0.717) is 83.8 Å². The van der Waals surface area contributed by atoms with Gasteiger partial charge in [-0.25, -0.2) is 4.98 Å². The standard InChI is InChI=1S/C21H24ClN3O2.C19H19ClN2O.C18H22ClN3O2.C16H19ClN2O2.C14H12ClN3O2/c1-14(15-4-7-18(8-5-15)27-11-10-25(2)3)23-21(26)20-13-16-12-17(22)6-9-19(16)24-20;1-12(2)18(13-6-4-3-5-7-13)22-19(23)17-11-14-10-15(20)8-9-16(14)21-17;1-11(13-5-7-22(8-6-13)12(2)23)20-18(24)17-10-14-9-15(19)3-4-16(14)21-17;1-10(11-4-6-21-7-5-11)18-16(20)15-9-12-8-13(17)2-3-14(12)19-15;1-8(14-16-4-5-20-14)17-13(19)12-7-9-6-10(15)2-3-11(9)18-12/h4-9,12-14,24H,10-11H2,1-3H3,(H,23,26);3-12,18,21H,1-2H3,(H,22,23);3-4,9-11,13,21H,5-8H2,1-2H3,(H,20,24);2-3,8-11,19H,4-7H2,1H3,(H,18,20);2-8,18H,1H3,(H,17,19). The maximum Gasteiger partial charge on any atom is 0.268 e. The number of rotatable bonds is 20. The van der Waals surface area contributed by atoms with Gasteiger partial charge in [-0.1, -0.05) is 114 Å². The molecule has 6 amide bonds. The second-order valence-electron chi connectivity index (χ2n) is 29.5. The SMILES string of the molecule is CC(=O)N1CCC(C(C)NC(=O)c2cc3cc(Cl)ccc3[nH]2)CC1.CC(C)C(NC(=O)c1cc2cc(Cl)ccc2[nH]1)c1ccccc1.CC(NC(=O)c1cc2cc(Cl)ccc2[nH]1)C1CCOCC1.CC(NC(=O)c1cc2cc(Cl)ccc2[nH]1)c1ccc(OCCN(C)C)cc1.CC(NC(=O)c1cc2cc(Cl)ccc2[nH]1)c1ncco1. The van der Waals surface area contributed by atoms with Crippen LogP contribution in [0.5, 0.6) is 5.75 Å². The highest BCUT2D eigenvalue weighted by atomic mass is 35.5. The molecule has 10 N–H and O–H groups in total. The molecule has 13 aromatic rings. The zero-order valence-corrected chi connectivity index (χ0v) is 69.3. The highest BCUT2D eigenvalue weighted by molar-refractivity contribution is 6.33. The molecule has 7 aromatic carbocycles. The number of hydrogen-bond donors (Lipinski definition) is 10. The van der Waals surface area contributed by atoms with E-state index in [4.69, 9.17) is 71.9 Å². The van der Waals surface area contributed by atoms with Crippen molar-refractivity contribution in [2.24, 2.45) is 17.8 Å². The van der Waals surface area contributed by atoms with Gasteiger partial charge in [0.25, 0.3) is 29.5 Å². The molecule has 2 aliphatic rings. The maximum atomic E-state index is 12.6. The van der Waals surface area contributed by atoms with Gasteiger partial charge in [-0.2, -0.15) is 0 Å². The number of hydrogen-bond acceptors (Lipinski definition) is 11. The summed E-state index contributed by atoms with van der Waals surface area (Å²) < 4.78 is 16.2. The van der Waals surface area contributed by atoms with Crippen LogP contribution in [0.3, 0.4) is 0 Å². The fourth-order valence-corrected chi connectivity index (χ4v) is 14.6. The molecule has 22 nitrogen and oxygen atoms in total. The number of aromatic amines is 5. The normalized spacial score (nSPS) is 14.4. The van der Waals surface area contributed by atoms with Gasteiger partial charge in [0.05, 0.1) is 18.3 Å². The molecule has 115 heavy (non-hydrogen) atoms. The lowest BCUT2D eigenvalue weighted by atomic mass is 9.90. The van der Waals surface area contributed by atoms with Crippen LogP contribution in [0.15, 0.2) is 193 Å². The summed E-state index contributed by atoms with van der Waals surface area (Å²) in [4.78, 5) is 97.1. The lowest BCUT2D eigenvalue weighted by molar-refractivity contribution is -0.130. The molecule has 27 heteroatoms. The highest BCUT2D eigenvalue weighted by Crippen LogP contribution is 2.30. The summed E-state index contributed by atoms with van der Waals surface area (Å²) >= 11 is 29.9. The first-order valence-electron chi connectivity index (χ1n) is 38.3. The summed E-state index contributed by atoms with van der Waals surface area (Å²) in [5.41, 5.74) is 9.24. The van der Waals surface area contributed by atoms with Gasteiger partial charge < -0.3 is 75.2 Å². The lowest BCUT2D eigenvalue weighted by Crippen LogP contribution is -2.45. The molecule has 6 aromatic heterocycles. The zero-order valence-electron chi connectivity index (χ0n) is 65.5. The average Bonchev–Trinajstić information content (AvgIpc) is 1.70. The van der Waals surface area contributed by atoms with Gasteiger partial charge >= 0.3 is 0 Å². The number of aromatic nitrogens is 6. The van der Waals surface area contributed by atoms with Crippen LogP contribution in [0.25, 0.3) is 54.5 Å². The molecule has 2 fully saturated rings. The van der Waals surface area contributed by atoms with Gasteiger partial charge in [0.1, 0.15) is 53.1 Å². The molecule has 602 valence electrons. The minimum absolute atomic E-state index is 0.0290. The monoisotopic (exact) mass is 1650 g/mol. The third kappa shape index (κ3) is 23.8. The van der Waals surface area contributed by atoms with Crippen molar-refractivity contribution in [3.05, 3.63) is 259 Å². The number of fused-ring (bicyclic) bond motifs is 5. The second kappa shape index (κ2) is 40.1. The first kappa shape index (κ1) is 85.3. The van der Waals surface area contributed by atoms with E-state index in [1.807, 2.05) is 191 Å². The first-order valence-corrected chi connectivity index (χ1v) is 40.2. The van der Waals surface area contributed by atoms with Crippen LogP contribution >= 0.6 is 58.0 Å². The van der Waals surface area contributed by atoms with E-state index in [1.54, 1.807) is 37.4 Å². The Hall–Kier alpha value is -10.6. The number of nitrogens with one attached hydrogen (secondary N) is 10. The topological polar surface area (TPSA) is 292 Å². The second-order valence-corrected chi connectivity index (χ2v) is 31.7. The number of amides is 6.